The molecule has 0 rings (SSSR count). The Kier molecular flexibility index (Phi) is 4.72. The molecule has 0 aliphatic carbocycles. The van der Waals surface area contributed by atoms with Gasteiger partial charge in [0.1, 0.15) is 0 Å². The van der Waals surface area contributed by atoms with E-state index < -0.39 is 16.9 Å². The Morgan fingerprint density at radius 2 is 2.23 bits per heavy atom. The molecule has 0 aliphatic rings. The van der Waals surface area contributed by atoms with Crippen LogP contribution in [0.2, 0.25) is 0 Å². The van der Waals surface area contributed by atoms with Crippen LogP contribution in [0.3, 0.4) is 0 Å². The van der Waals surface area contributed by atoms with Crippen LogP contribution in [0.15, 0.2) is 12.2 Å². The zero-order valence-corrected chi connectivity index (χ0v) is 7.78. The van der Waals surface area contributed by atoms with Crippen LogP contribution in [0.5, 0.6) is 0 Å². The van der Waals surface area contributed by atoms with E-state index in [1.54, 1.807) is 6.92 Å². The molecule has 0 bridgehead atoms. The third kappa shape index (κ3) is 4.25. The Hall–Kier alpha value is -1.39. The van der Waals surface area contributed by atoms with Crippen LogP contribution >= 0.6 is 0 Å². The van der Waals surface area contributed by atoms with Crippen molar-refractivity contribution in [1.29, 1.82) is 0 Å². The van der Waals surface area contributed by atoms with Crippen molar-refractivity contribution >= 4 is 5.97 Å². The Bertz CT molecular complexity index is 224. The summed E-state index contributed by atoms with van der Waals surface area (Å²) in [6, 6.07) is -0.795. The molecule has 0 aliphatic heterocycles. The Morgan fingerprint density at radius 1 is 1.69 bits per heavy atom. The van der Waals surface area contributed by atoms with Gasteiger partial charge in [-0.3, -0.25) is 10.1 Å². The van der Waals surface area contributed by atoms with Crippen molar-refractivity contribution in [2.45, 2.75) is 26.3 Å². The zero-order chi connectivity index (χ0) is 10.4. The molecule has 0 aromatic carbocycles. The molecule has 0 aromatic rings. The van der Waals surface area contributed by atoms with Gasteiger partial charge >= 0.3 is 5.97 Å². The fourth-order valence-corrected chi connectivity index (χ4v) is 0.748. The molecule has 0 spiro atoms. The Labute approximate surface area is 76.5 Å². The lowest BCUT2D eigenvalue weighted by atomic mass is 10.1. The number of nitrogens with zero attached hydrogens (tertiary/aromatic N) is 1. The van der Waals surface area contributed by atoms with Crippen LogP contribution in [0.4, 0.5) is 0 Å². The normalized spacial score (nSPS) is 11.8. The molecule has 0 saturated carbocycles. The van der Waals surface area contributed by atoms with Gasteiger partial charge in [-0.15, -0.1) is 0 Å². The van der Waals surface area contributed by atoms with Crippen LogP contribution in [0, 0.1) is 10.1 Å². The fraction of sp³-hybridized carbons (Fsp3) is 0.625. The van der Waals surface area contributed by atoms with E-state index in [0.29, 0.717) is 0 Å². The Morgan fingerprint density at radius 3 is 2.62 bits per heavy atom. The summed E-state index contributed by atoms with van der Waals surface area (Å²) in [4.78, 5) is 20.7. The average Bonchev–Trinajstić information content (AvgIpc) is 2.04. The van der Waals surface area contributed by atoms with Crippen LogP contribution in [0.25, 0.3) is 0 Å². The summed E-state index contributed by atoms with van der Waals surface area (Å²) in [5, 5.41) is 10.2. The van der Waals surface area contributed by atoms with Crippen LogP contribution < -0.4 is 0 Å². The lowest BCUT2D eigenvalue weighted by Gasteiger charge is -2.05. The van der Waals surface area contributed by atoms with Crippen LogP contribution in [0.1, 0.15) is 20.3 Å². The third-order valence-electron chi connectivity index (χ3n) is 1.47. The summed E-state index contributed by atoms with van der Waals surface area (Å²) >= 11 is 0. The molecular weight excluding hydrogens is 174 g/mol. The number of nitro groups is 1. The number of esters is 1. The van der Waals surface area contributed by atoms with Crippen molar-refractivity contribution in [2.75, 3.05) is 6.61 Å². The first-order valence-electron chi connectivity index (χ1n) is 3.97. The first kappa shape index (κ1) is 11.6. The summed E-state index contributed by atoms with van der Waals surface area (Å²) in [6.07, 6.45) is 0.0336. The van der Waals surface area contributed by atoms with Crippen molar-refractivity contribution in [3.8, 4) is 0 Å². The van der Waals surface area contributed by atoms with Crippen molar-refractivity contribution in [2.24, 2.45) is 0 Å². The summed E-state index contributed by atoms with van der Waals surface area (Å²) in [6.45, 7) is 6.76. The van der Waals surface area contributed by atoms with Gasteiger partial charge in [-0.1, -0.05) is 6.58 Å². The van der Waals surface area contributed by atoms with Gasteiger partial charge in [0.05, 0.1) is 6.61 Å². The van der Waals surface area contributed by atoms with E-state index in [1.165, 1.54) is 6.92 Å². The molecule has 0 amide bonds. The molecule has 0 saturated heterocycles. The zero-order valence-electron chi connectivity index (χ0n) is 7.78. The smallest absolute Gasteiger partial charge is 0.333 e. The van der Waals surface area contributed by atoms with Crippen molar-refractivity contribution in [3.63, 3.8) is 0 Å². The predicted octanol–water partition coefficient (Wildman–Crippen LogP) is 1.16. The van der Waals surface area contributed by atoms with Gasteiger partial charge in [0, 0.05) is 23.8 Å². The number of ether oxygens (including phenoxy) is 1. The minimum absolute atomic E-state index is 0.0336. The van der Waals surface area contributed by atoms with Crippen LogP contribution in [-0.2, 0) is 9.53 Å². The van der Waals surface area contributed by atoms with Crippen molar-refractivity contribution in [1.82, 2.24) is 0 Å². The van der Waals surface area contributed by atoms with Gasteiger partial charge in [0.15, 0.2) is 0 Å². The Balaban J connectivity index is 4.00. The maximum atomic E-state index is 11.0. The highest BCUT2D eigenvalue weighted by Crippen LogP contribution is 2.07. The molecule has 1 atom stereocenters. The fourth-order valence-electron chi connectivity index (χ4n) is 0.748. The third-order valence-corrected chi connectivity index (χ3v) is 1.47. The lowest BCUT2D eigenvalue weighted by Crippen LogP contribution is -2.19. The minimum atomic E-state index is -0.795. The van der Waals surface area contributed by atoms with E-state index in [0.717, 1.165) is 0 Å². The highest BCUT2D eigenvalue weighted by Gasteiger charge is 2.18. The molecule has 0 N–H and O–H groups in total. The number of hydrogen-bond acceptors (Lipinski definition) is 4. The molecule has 5 heteroatoms. The largest absolute Gasteiger partial charge is 0.463 e. The highest BCUT2D eigenvalue weighted by molar-refractivity contribution is 5.87. The maximum absolute atomic E-state index is 11.0. The highest BCUT2D eigenvalue weighted by atomic mass is 16.6. The van der Waals surface area contributed by atoms with Crippen molar-refractivity contribution in [3.05, 3.63) is 22.3 Å². The lowest BCUT2D eigenvalue weighted by molar-refractivity contribution is -0.517. The number of carbonyl (C=O) groups excluding carboxylic acids is 1. The van der Waals surface area contributed by atoms with E-state index in [4.69, 9.17) is 0 Å². The summed E-state index contributed by atoms with van der Waals surface area (Å²) in [7, 11) is 0. The predicted molar refractivity (Wildman–Crippen MR) is 46.8 cm³/mol. The minimum Gasteiger partial charge on any atom is -0.463 e. The second kappa shape index (κ2) is 5.29. The quantitative estimate of drug-likeness (QED) is 0.280. The van der Waals surface area contributed by atoms with Gasteiger partial charge in [0.2, 0.25) is 6.04 Å². The topological polar surface area (TPSA) is 69.4 Å². The van der Waals surface area contributed by atoms with Gasteiger partial charge < -0.3 is 4.74 Å². The van der Waals surface area contributed by atoms with Gasteiger partial charge in [-0.05, 0) is 6.92 Å². The molecule has 0 heterocycles. The standard InChI is InChI=1S/C8H13NO4/c1-4-13-8(10)6(2)5-7(3)9(11)12/h7H,2,4-5H2,1,3H3. The maximum Gasteiger partial charge on any atom is 0.333 e. The summed E-state index contributed by atoms with van der Waals surface area (Å²) in [5.74, 6) is -0.559. The molecule has 0 aromatic heterocycles. The van der Waals surface area contributed by atoms with E-state index in [-0.39, 0.29) is 18.6 Å². The second-order valence-electron chi connectivity index (χ2n) is 2.66. The van der Waals surface area contributed by atoms with Crippen LogP contribution in [-0.4, -0.2) is 23.5 Å². The molecular formula is C8H13NO4. The van der Waals surface area contributed by atoms with E-state index >= 15 is 0 Å². The SMILES string of the molecule is C=C(CC(C)[N+](=O)[O-])C(=O)OCC. The van der Waals surface area contributed by atoms with E-state index in [9.17, 15) is 14.9 Å². The first-order chi connectivity index (χ1) is 5.99. The van der Waals surface area contributed by atoms with Gasteiger partial charge in [0.25, 0.3) is 0 Å². The molecule has 1 unspecified atom stereocenters. The molecule has 13 heavy (non-hydrogen) atoms. The monoisotopic (exact) mass is 187 g/mol. The number of hydrogen-bond donors (Lipinski definition) is 0. The van der Waals surface area contributed by atoms with Crippen molar-refractivity contribution < 1.29 is 14.5 Å². The summed E-state index contributed by atoms with van der Waals surface area (Å²) in [5.41, 5.74) is 0.144. The van der Waals surface area contributed by atoms with Gasteiger partial charge in [-0.25, -0.2) is 4.79 Å². The number of carbonyl (C=O) groups is 1. The van der Waals surface area contributed by atoms with Gasteiger partial charge in [-0.2, -0.15) is 0 Å². The second-order valence-corrected chi connectivity index (χ2v) is 2.66. The number of rotatable bonds is 5. The van der Waals surface area contributed by atoms with E-state index in [1.807, 2.05) is 0 Å². The summed E-state index contributed by atoms with van der Waals surface area (Å²) < 4.78 is 4.62. The first-order valence-corrected chi connectivity index (χ1v) is 3.97. The molecule has 0 fully saturated rings. The van der Waals surface area contributed by atoms with E-state index in [2.05, 4.69) is 11.3 Å². The molecule has 74 valence electrons. The molecule has 5 nitrogen and oxygen atoms in total. The molecule has 0 radical (unpaired) electrons. The average molecular weight is 187 g/mol.